The lowest BCUT2D eigenvalue weighted by molar-refractivity contribution is 0.0547. The molecule has 1 N–H and O–H groups in total. The lowest BCUT2D eigenvalue weighted by Gasteiger charge is -2.22. The van der Waals surface area contributed by atoms with Gasteiger partial charge in [-0.1, -0.05) is 6.92 Å². The molecule has 1 fully saturated rings. The van der Waals surface area contributed by atoms with Crippen molar-refractivity contribution in [3.8, 4) is 0 Å². The number of aryl methyl sites for hydroxylation is 1. The summed E-state index contributed by atoms with van der Waals surface area (Å²) < 4.78 is 7.82. The van der Waals surface area contributed by atoms with Crippen molar-refractivity contribution in [3.63, 3.8) is 0 Å². The maximum atomic E-state index is 5.49. The van der Waals surface area contributed by atoms with Gasteiger partial charge in [-0.2, -0.15) is 0 Å². The molecule has 0 spiro atoms. The number of rotatable bonds is 6. The zero-order valence-electron chi connectivity index (χ0n) is 10.8. The van der Waals surface area contributed by atoms with E-state index in [0.717, 1.165) is 32.8 Å². The van der Waals surface area contributed by atoms with Crippen LogP contribution in [0.1, 0.15) is 31.9 Å². The second-order valence-electron chi connectivity index (χ2n) is 4.91. The molecule has 96 valence electrons. The number of ether oxygens (including phenoxy) is 1. The van der Waals surface area contributed by atoms with Crippen molar-refractivity contribution in [2.45, 2.75) is 39.3 Å². The van der Waals surface area contributed by atoms with E-state index in [1.54, 1.807) is 0 Å². The highest BCUT2D eigenvalue weighted by Crippen LogP contribution is 2.12. The van der Waals surface area contributed by atoms with Crippen molar-refractivity contribution in [1.82, 2.24) is 9.88 Å². The molecule has 0 bridgehead atoms. The Morgan fingerprint density at radius 3 is 3.24 bits per heavy atom. The highest BCUT2D eigenvalue weighted by molar-refractivity contribution is 5.06. The smallest absolute Gasteiger partial charge is 0.0506 e. The van der Waals surface area contributed by atoms with Crippen LogP contribution in [0.5, 0.6) is 0 Å². The number of nitrogens with one attached hydrogen (secondary N) is 1. The minimum atomic E-state index is 0.707. The summed E-state index contributed by atoms with van der Waals surface area (Å²) in [4.78, 5) is 0. The Balaban J connectivity index is 1.71. The minimum Gasteiger partial charge on any atom is -0.381 e. The molecule has 1 aliphatic heterocycles. The van der Waals surface area contributed by atoms with E-state index in [1.165, 1.54) is 25.0 Å². The van der Waals surface area contributed by atoms with Gasteiger partial charge < -0.3 is 14.6 Å². The van der Waals surface area contributed by atoms with Crippen molar-refractivity contribution < 1.29 is 4.74 Å². The van der Waals surface area contributed by atoms with Gasteiger partial charge in [-0.15, -0.1) is 0 Å². The summed E-state index contributed by atoms with van der Waals surface area (Å²) in [5.41, 5.74) is 1.39. The normalized spacial score (nSPS) is 20.6. The van der Waals surface area contributed by atoms with Gasteiger partial charge in [-0.25, -0.2) is 0 Å². The SMILES string of the molecule is CCCn1cccc1CNCC1CCCOC1. The van der Waals surface area contributed by atoms with Gasteiger partial charge in [-0.05, 0) is 37.3 Å². The molecule has 1 aromatic heterocycles. The fourth-order valence-electron chi connectivity index (χ4n) is 2.44. The maximum absolute atomic E-state index is 5.49. The molecule has 1 unspecified atom stereocenters. The largest absolute Gasteiger partial charge is 0.381 e. The Kier molecular flexibility index (Phi) is 5.08. The Labute approximate surface area is 104 Å². The molecule has 2 rings (SSSR count). The van der Waals surface area contributed by atoms with Crippen LogP contribution in [-0.2, 0) is 17.8 Å². The van der Waals surface area contributed by atoms with E-state index in [4.69, 9.17) is 4.74 Å². The molecule has 2 heterocycles. The number of hydrogen-bond acceptors (Lipinski definition) is 2. The van der Waals surface area contributed by atoms with Gasteiger partial charge >= 0.3 is 0 Å². The van der Waals surface area contributed by atoms with Crippen LogP contribution in [0.25, 0.3) is 0 Å². The Bertz CT molecular complexity index is 316. The topological polar surface area (TPSA) is 26.2 Å². The molecular formula is C14H24N2O. The van der Waals surface area contributed by atoms with Gasteiger partial charge in [0.05, 0.1) is 6.61 Å². The molecule has 0 radical (unpaired) electrons. The van der Waals surface area contributed by atoms with Crippen LogP contribution < -0.4 is 5.32 Å². The molecule has 0 saturated carbocycles. The third kappa shape index (κ3) is 3.86. The molecule has 0 aliphatic carbocycles. The summed E-state index contributed by atoms with van der Waals surface area (Å²) in [5.74, 6) is 0.707. The predicted octanol–water partition coefficient (Wildman–Crippen LogP) is 2.41. The molecule has 0 aromatic carbocycles. The zero-order valence-corrected chi connectivity index (χ0v) is 10.8. The zero-order chi connectivity index (χ0) is 11.9. The second kappa shape index (κ2) is 6.82. The number of hydrogen-bond donors (Lipinski definition) is 1. The van der Waals surface area contributed by atoms with Crippen molar-refractivity contribution in [1.29, 1.82) is 0 Å². The van der Waals surface area contributed by atoms with Gasteiger partial charge in [-0.3, -0.25) is 0 Å². The van der Waals surface area contributed by atoms with Crippen LogP contribution in [0.2, 0.25) is 0 Å². The molecule has 1 saturated heterocycles. The van der Waals surface area contributed by atoms with Gasteiger partial charge in [0, 0.05) is 38.1 Å². The Hall–Kier alpha value is -0.800. The van der Waals surface area contributed by atoms with E-state index in [-0.39, 0.29) is 0 Å². The van der Waals surface area contributed by atoms with Crippen molar-refractivity contribution in [2.75, 3.05) is 19.8 Å². The highest BCUT2D eigenvalue weighted by Gasteiger charge is 2.13. The first-order valence-electron chi connectivity index (χ1n) is 6.82. The number of aromatic nitrogens is 1. The Morgan fingerprint density at radius 2 is 2.47 bits per heavy atom. The maximum Gasteiger partial charge on any atom is 0.0506 e. The van der Waals surface area contributed by atoms with Crippen LogP contribution in [0, 0.1) is 5.92 Å². The average molecular weight is 236 g/mol. The standard InChI is InChI=1S/C14H24N2O/c1-2-7-16-8-3-6-14(16)11-15-10-13-5-4-9-17-12-13/h3,6,8,13,15H,2,4-5,7,9-12H2,1H3. The summed E-state index contributed by atoms with van der Waals surface area (Å²) in [6.07, 6.45) is 5.89. The second-order valence-corrected chi connectivity index (χ2v) is 4.91. The fraction of sp³-hybridized carbons (Fsp3) is 0.714. The van der Waals surface area contributed by atoms with Crippen molar-refractivity contribution in [3.05, 3.63) is 24.0 Å². The van der Waals surface area contributed by atoms with E-state index in [1.807, 2.05) is 0 Å². The first kappa shape index (κ1) is 12.7. The lowest BCUT2D eigenvalue weighted by atomic mass is 10.0. The third-order valence-electron chi connectivity index (χ3n) is 3.38. The molecule has 0 amide bonds. The van der Waals surface area contributed by atoms with Gasteiger partial charge in [0.25, 0.3) is 0 Å². The summed E-state index contributed by atoms with van der Waals surface area (Å²) in [5, 5.41) is 3.56. The molecule has 3 heteroatoms. The average Bonchev–Trinajstić information content (AvgIpc) is 2.79. The van der Waals surface area contributed by atoms with E-state index >= 15 is 0 Å². The summed E-state index contributed by atoms with van der Waals surface area (Å²) in [7, 11) is 0. The van der Waals surface area contributed by atoms with Crippen LogP contribution in [0.4, 0.5) is 0 Å². The van der Waals surface area contributed by atoms with Crippen molar-refractivity contribution in [2.24, 2.45) is 5.92 Å². The van der Waals surface area contributed by atoms with Gasteiger partial charge in [0.2, 0.25) is 0 Å². The van der Waals surface area contributed by atoms with E-state index in [0.29, 0.717) is 5.92 Å². The minimum absolute atomic E-state index is 0.707. The van der Waals surface area contributed by atoms with Crippen LogP contribution in [-0.4, -0.2) is 24.3 Å². The molecular weight excluding hydrogens is 212 g/mol. The van der Waals surface area contributed by atoms with Gasteiger partial charge in [0.15, 0.2) is 0 Å². The van der Waals surface area contributed by atoms with Crippen LogP contribution >= 0.6 is 0 Å². The summed E-state index contributed by atoms with van der Waals surface area (Å²) in [6, 6.07) is 4.34. The molecule has 17 heavy (non-hydrogen) atoms. The molecule has 3 nitrogen and oxygen atoms in total. The van der Waals surface area contributed by atoms with Crippen LogP contribution in [0.15, 0.2) is 18.3 Å². The lowest BCUT2D eigenvalue weighted by Crippen LogP contribution is -2.29. The predicted molar refractivity (Wildman–Crippen MR) is 70.0 cm³/mol. The first-order chi connectivity index (χ1) is 8.40. The Morgan fingerprint density at radius 1 is 1.53 bits per heavy atom. The molecule has 1 atom stereocenters. The van der Waals surface area contributed by atoms with Gasteiger partial charge in [0.1, 0.15) is 0 Å². The molecule has 1 aliphatic rings. The summed E-state index contributed by atoms with van der Waals surface area (Å²) >= 11 is 0. The number of nitrogens with zero attached hydrogens (tertiary/aromatic N) is 1. The van der Waals surface area contributed by atoms with E-state index < -0.39 is 0 Å². The van der Waals surface area contributed by atoms with Crippen molar-refractivity contribution >= 4 is 0 Å². The highest BCUT2D eigenvalue weighted by atomic mass is 16.5. The first-order valence-corrected chi connectivity index (χ1v) is 6.82. The summed E-state index contributed by atoms with van der Waals surface area (Å²) in [6.45, 7) is 7.28. The quantitative estimate of drug-likeness (QED) is 0.821. The van der Waals surface area contributed by atoms with Crippen LogP contribution in [0.3, 0.4) is 0 Å². The third-order valence-corrected chi connectivity index (χ3v) is 3.38. The van der Waals surface area contributed by atoms with E-state index in [9.17, 15) is 0 Å². The fourth-order valence-corrected chi connectivity index (χ4v) is 2.44. The molecule has 1 aromatic rings. The van der Waals surface area contributed by atoms with E-state index in [2.05, 4.69) is 35.1 Å². The monoisotopic (exact) mass is 236 g/mol.